The van der Waals surface area contributed by atoms with Crippen molar-refractivity contribution in [2.45, 2.75) is 85.2 Å². The van der Waals surface area contributed by atoms with Gasteiger partial charge in [-0.15, -0.1) is 0 Å². The van der Waals surface area contributed by atoms with Gasteiger partial charge in [-0.25, -0.2) is 4.79 Å². The maximum absolute atomic E-state index is 11.9. The van der Waals surface area contributed by atoms with E-state index >= 15 is 0 Å². The Morgan fingerprint density at radius 3 is 1.92 bits per heavy atom. The summed E-state index contributed by atoms with van der Waals surface area (Å²) in [5.74, 6) is 0.294. The maximum atomic E-state index is 11.9. The van der Waals surface area contributed by atoms with Gasteiger partial charge < -0.3 is 13.0 Å². The molecule has 0 radical (unpaired) electrons. The van der Waals surface area contributed by atoms with Crippen LogP contribution in [0.1, 0.15) is 34.1 Å². The van der Waals surface area contributed by atoms with Gasteiger partial charge in [-0.2, -0.15) is 0 Å². The SMILES string of the molecule is C=C(C)C(=O)OC(CC)[Si](C)(C)O[Si](C)(C)O[Si](C)(C)CC(C)C. The van der Waals surface area contributed by atoms with Crippen molar-refractivity contribution in [2.75, 3.05) is 0 Å². The van der Waals surface area contributed by atoms with E-state index in [1.54, 1.807) is 6.92 Å². The van der Waals surface area contributed by atoms with E-state index in [0.29, 0.717) is 11.5 Å². The van der Waals surface area contributed by atoms with Crippen LogP contribution in [0.2, 0.25) is 45.3 Å². The van der Waals surface area contributed by atoms with Crippen LogP contribution in [0.3, 0.4) is 0 Å². The van der Waals surface area contributed by atoms with E-state index in [4.69, 9.17) is 13.0 Å². The summed E-state index contributed by atoms with van der Waals surface area (Å²) in [4.78, 5) is 11.9. The van der Waals surface area contributed by atoms with Crippen molar-refractivity contribution in [3.8, 4) is 0 Å². The zero-order valence-electron chi connectivity index (χ0n) is 17.4. The molecule has 0 aliphatic rings. The lowest BCUT2D eigenvalue weighted by Gasteiger charge is -2.41. The summed E-state index contributed by atoms with van der Waals surface area (Å²) in [5.41, 5.74) is 0.239. The molecule has 4 nitrogen and oxygen atoms in total. The fourth-order valence-corrected chi connectivity index (χ4v) is 18.5. The first-order valence-electron chi connectivity index (χ1n) is 8.88. The Bertz CT molecular complexity index is 445. The van der Waals surface area contributed by atoms with E-state index in [1.165, 1.54) is 0 Å². The predicted octanol–water partition coefficient (Wildman–Crippen LogP) is 5.22. The van der Waals surface area contributed by atoms with Crippen LogP contribution < -0.4 is 0 Å². The van der Waals surface area contributed by atoms with Crippen LogP contribution in [0, 0.1) is 5.92 Å². The van der Waals surface area contributed by atoms with Crippen molar-refractivity contribution in [1.82, 2.24) is 0 Å². The molecule has 0 aliphatic heterocycles. The summed E-state index contributed by atoms with van der Waals surface area (Å²) in [6.45, 7) is 24.8. The standard InChI is InChI=1S/C17H38O4Si3/c1-12-16(19-17(18)15(4)5)23(8,9)21-24(10,11)20-22(6,7)13-14(2)3/h14,16H,4,12-13H2,1-3,5-11H3. The second-order valence-corrected chi connectivity index (χ2v) is 20.9. The van der Waals surface area contributed by atoms with E-state index in [-0.39, 0.29) is 11.7 Å². The first-order valence-corrected chi connectivity index (χ1v) is 17.8. The molecule has 0 aromatic carbocycles. The number of esters is 1. The number of carbonyl (C=O) groups excluding carboxylic acids is 1. The lowest BCUT2D eigenvalue weighted by molar-refractivity contribution is -0.141. The summed E-state index contributed by atoms with van der Waals surface area (Å²) in [5, 5.41) is 0. The number of hydrogen-bond donors (Lipinski definition) is 0. The average molecular weight is 391 g/mol. The fourth-order valence-electron chi connectivity index (χ4n) is 3.36. The van der Waals surface area contributed by atoms with Gasteiger partial charge in [0.1, 0.15) is 5.73 Å². The fraction of sp³-hybridized carbons (Fsp3) is 0.824. The zero-order valence-corrected chi connectivity index (χ0v) is 20.4. The van der Waals surface area contributed by atoms with Crippen LogP contribution in [0.15, 0.2) is 12.2 Å². The van der Waals surface area contributed by atoms with Crippen molar-refractivity contribution in [1.29, 1.82) is 0 Å². The molecule has 142 valence electrons. The smallest absolute Gasteiger partial charge is 0.333 e. The topological polar surface area (TPSA) is 44.8 Å². The van der Waals surface area contributed by atoms with Crippen LogP contribution >= 0.6 is 0 Å². The maximum Gasteiger partial charge on any atom is 0.333 e. The average Bonchev–Trinajstić information content (AvgIpc) is 2.29. The Kier molecular flexibility index (Phi) is 8.85. The van der Waals surface area contributed by atoms with Gasteiger partial charge in [0.2, 0.25) is 8.32 Å². The van der Waals surface area contributed by atoms with Gasteiger partial charge in [-0.05, 0) is 64.6 Å². The van der Waals surface area contributed by atoms with Crippen molar-refractivity contribution >= 4 is 31.2 Å². The molecule has 0 bridgehead atoms. The van der Waals surface area contributed by atoms with E-state index in [0.717, 1.165) is 12.5 Å². The Morgan fingerprint density at radius 1 is 1.04 bits per heavy atom. The second-order valence-electron chi connectivity index (χ2n) is 8.65. The summed E-state index contributed by atoms with van der Waals surface area (Å²) in [6, 6.07) is 1.12. The first kappa shape index (κ1) is 23.8. The minimum atomic E-state index is -2.29. The summed E-state index contributed by atoms with van der Waals surface area (Å²) in [7, 11) is -6.29. The summed E-state index contributed by atoms with van der Waals surface area (Å²) < 4.78 is 18.8. The van der Waals surface area contributed by atoms with Crippen molar-refractivity contribution < 1.29 is 17.8 Å². The molecule has 0 aliphatic carbocycles. The molecule has 0 N–H and O–H groups in total. The Labute approximate surface area is 152 Å². The van der Waals surface area contributed by atoms with Crippen molar-refractivity contribution in [3.63, 3.8) is 0 Å². The minimum absolute atomic E-state index is 0.188. The monoisotopic (exact) mass is 390 g/mol. The van der Waals surface area contributed by atoms with Gasteiger partial charge in [0.05, 0.1) is 0 Å². The molecule has 0 spiro atoms. The third-order valence-corrected chi connectivity index (χ3v) is 15.8. The molecule has 0 rings (SSSR count). The number of rotatable bonds is 10. The second kappa shape index (κ2) is 8.93. The summed E-state index contributed by atoms with van der Waals surface area (Å²) >= 11 is 0. The number of carbonyl (C=O) groups is 1. The first-order chi connectivity index (χ1) is 10.6. The van der Waals surface area contributed by atoms with Crippen LogP contribution in [0.4, 0.5) is 0 Å². The molecular weight excluding hydrogens is 352 g/mol. The highest BCUT2D eigenvalue weighted by atomic mass is 28.5. The third-order valence-electron chi connectivity index (χ3n) is 3.67. The predicted molar refractivity (Wildman–Crippen MR) is 109 cm³/mol. The molecule has 0 saturated heterocycles. The van der Waals surface area contributed by atoms with Gasteiger partial charge in [0.25, 0.3) is 0 Å². The van der Waals surface area contributed by atoms with Crippen LogP contribution in [0.25, 0.3) is 0 Å². The van der Waals surface area contributed by atoms with E-state index in [1.807, 2.05) is 6.92 Å². The van der Waals surface area contributed by atoms with Crippen molar-refractivity contribution in [2.24, 2.45) is 5.92 Å². The lowest BCUT2D eigenvalue weighted by Crippen LogP contribution is -2.57. The molecule has 0 heterocycles. The molecule has 1 unspecified atom stereocenters. The molecule has 24 heavy (non-hydrogen) atoms. The van der Waals surface area contributed by atoms with Gasteiger partial charge in [-0.1, -0.05) is 27.4 Å². The normalized spacial score (nSPS) is 14.6. The van der Waals surface area contributed by atoms with Crippen LogP contribution in [0.5, 0.6) is 0 Å². The molecule has 1 atom stereocenters. The molecular formula is C17H38O4Si3. The molecule has 0 aromatic rings. The van der Waals surface area contributed by atoms with E-state index in [2.05, 4.69) is 59.7 Å². The van der Waals surface area contributed by atoms with E-state index < -0.39 is 25.2 Å². The zero-order chi connectivity index (χ0) is 19.3. The quantitative estimate of drug-likeness (QED) is 0.291. The minimum Gasteiger partial charge on any atom is -0.460 e. The molecule has 7 heteroatoms. The van der Waals surface area contributed by atoms with Gasteiger partial charge >= 0.3 is 14.5 Å². The van der Waals surface area contributed by atoms with Crippen LogP contribution in [-0.2, 0) is 17.8 Å². The Hall–Kier alpha value is -0.219. The number of hydrogen-bond acceptors (Lipinski definition) is 4. The Morgan fingerprint density at radius 2 is 1.54 bits per heavy atom. The van der Waals surface area contributed by atoms with Crippen molar-refractivity contribution in [3.05, 3.63) is 12.2 Å². The molecule has 0 fully saturated rings. The van der Waals surface area contributed by atoms with Gasteiger partial charge in [0.15, 0.2) is 8.32 Å². The largest absolute Gasteiger partial charge is 0.460 e. The molecule has 0 saturated carbocycles. The van der Waals surface area contributed by atoms with E-state index in [9.17, 15) is 4.79 Å². The third kappa shape index (κ3) is 8.75. The highest BCUT2D eigenvalue weighted by Gasteiger charge is 2.44. The van der Waals surface area contributed by atoms with Gasteiger partial charge in [0, 0.05) is 5.57 Å². The summed E-state index contributed by atoms with van der Waals surface area (Å²) in [6.07, 6.45) is 0.746. The highest BCUT2D eigenvalue weighted by molar-refractivity contribution is 6.88. The van der Waals surface area contributed by atoms with Gasteiger partial charge in [-0.3, -0.25) is 0 Å². The molecule has 0 amide bonds. The lowest BCUT2D eigenvalue weighted by atomic mass is 10.3. The molecule has 0 aromatic heterocycles. The highest BCUT2D eigenvalue weighted by Crippen LogP contribution is 2.28. The van der Waals surface area contributed by atoms with Crippen LogP contribution in [-0.4, -0.2) is 36.9 Å². The number of ether oxygens (including phenoxy) is 1. The Balaban J connectivity index is 5.08.